The molecule has 8 nitrogen and oxygen atoms in total. The summed E-state index contributed by atoms with van der Waals surface area (Å²) in [7, 11) is 0. The summed E-state index contributed by atoms with van der Waals surface area (Å²) >= 11 is 0. The van der Waals surface area contributed by atoms with Gasteiger partial charge in [-0.05, 0) is 25.0 Å². The zero-order valence-electron chi connectivity index (χ0n) is 20.2. The van der Waals surface area contributed by atoms with Crippen LogP contribution in [0.5, 0.6) is 0 Å². The highest BCUT2D eigenvalue weighted by Crippen LogP contribution is 2.19. The lowest BCUT2D eigenvalue weighted by Gasteiger charge is -2.20. The summed E-state index contributed by atoms with van der Waals surface area (Å²) in [5.41, 5.74) is 3.69. The Balaban J connectivity index is 1.41. The molecule has 2 atom stereocenters. The molecule has 0 aliphatic heterocycles. The average molecular weight is 485 g/mol. The first-order chi connectivity index (χ1) is 17.5. The van der Waals surface area contributed by atoms with Crippen molar-refractivity contribution in [1.29, 1.82) is 0 Å². The van der Waals surface area contributed by atoms with Crippen LogP contribution in [0, 0.1) is 6.92 Å². The maximum atomic E-state index is 13.2. The molecule has 0 unspecified atom stereocenters. The van der Waals surface area contributed by atoms with E-state index < -0.39 is 24.1 Å². The van der Waals surface area contributed by atoms with E-state index in [9.17, 15) is 9.59 Å². The van der Waals surface area contributed by atoms with Crippen molar-refractivity contribution in [3.8, 4) is 11.4 Å². The van der Waals surface area contributed by atoms with E-state index in [0.717, 1.165) is 22.3 Å². The van der Waals surface area contributed by atoms with Gasteiger partial charge in [0.25, 0.3) is 0 Å². The minimum Gasteiger partial charge on any atom is -0.445 e. The Morgan fingerprint density at radius 1 is 0.889 bits per heavy atom. The monoisotopic (exact) mass is 484 g/mol. The first kappa shape index (κ1) is 24.7. The van der Waals surface area contributed by atoms with Crippen molar-refractivity contribution in [3.05, 3.63) is 108 Å². The maximum absolute atomic E-state index is 13.2. The van der Waals surface area contributed by atoms with Crippen LogP contribution >= 0.6 is 0 Å². The van der Waals surface area contributed by atoms with Gasteiger partial charge in [0.1, 0.15) is 18.7 Å². The molecule has 0 fully saturated rings. The minimum atomic E-state index is -0.863. The van der Waals surface area contributed by atoms with Crippen LogP contribution < -0.4 is 10.6 Å². The molecule has 4 rings (SSSR count). The highest BCUT2D eigenvalue weighted by molar-refractivity contribution is 5.86. The summed E-state index contributed by atoms with van der Waals surface area (Å²) in [5, 5.41) is 9.58. The molecule has 0 saturated carbocycles. The van der Waals surface area contributed by atoms with Gasteiger partial charge in [0.2, 0.25) is 17.6 Å². The molecule has 0 saturated heterocycles. The summed E-state index contributed by atoms with van der Waals surface area (Å²) in [6.07, 6.45) is -0.389. The molecule has 3 aromatic carbocycles. The van der Waals surface area contributed by atoms with Gasteiger partial charge in [-0.3, -0.25) is 4.79 Å². The number of nitrogens with one attached hydrogen (secondary N) is 2. The van der Waals surface area contributed by atoms with E-state index in [1.54, 1.807) is 6.92 Å². The smallest absolute Gasteiger partial charge is 0.408 e. The zero-order valence-corrected chi connectivity index (χ0v) is 20.2. The molecule has 0 aliphatic carbocycles. The Morgan fingerprint density at radius 3 is 2.19 bits per heavy atom. The molecule has 1 heterocycles. The van der Waals surface area contributed by atoms with Crippen molar-refractivity contribution in [1.82, 2.24) is 20.8 Å². The van der Waals surface area contributed by atoms with Gasteiger partial charge >= 0.3 is 6.09 Å². The number of carbonyl (C=O) groups is 2. The van der Waals surface area contributed by atoms with Gasteiger partial charge in [0, 0.05) is 12.0 Å². The largest absolute Gasteiger partial charge is 0.445 e. The highest BCUT2D eigenvalue weighted by Gasteiger charge is 2.25. The van der Waals surface area contributed by atoms with E-state index in [2.05, 4.69) is 20.8 Å². The Labute approximate surface area is 209 Å². The molecular weight excluding hydrogens is 456 g/mol. The fourth-order valence-electron chi connectivity index (χ4n) is 3.57. The summed E-state index contributed by atoms with van der Waals surface area (Å²) in [6, 6.07) is 25.1. The Morgan fingerprint density at radius 2 is 1.53 bits per heavy atom. The molecular formula is C28H28N4O4. The summed E-state index contributed by atoms with van der Waals surface area (Å²) in [6.45, 7) is 3.85. The number of carbonyl (C=O) groups excluding carboxylic acids is 2. The van der Waals surface area contributed by atoms with Crippen LogP contribution in [0.2, 0.25) is 0 Å². The number of hydrogen-bond acceptors (Lipinski definition) is 6. The number of hydrogen-bond donors (Lipinski definition) is 2. The van der Waals surface area contributed by atoms with E-state index in [1.807, 2.05) is 91.9 Å². The third-order valence-electron chi connectivity index (χ3n) is 5.58. The van der Waals surface area contributed by atoms with E-state index >= 15 is 0 Å². The van der Waals surface area contributed by atoms with Crippen LogP contribution in [-0.4, -0.2) is 28.2 Å². The first-order valence-corrected chi connectivity index (χ1v) is 11.7. The van der Waals surface area contributed by atoms with E-state index in [4.69, 9.17) is 9.26 Å². The minimum absolute atomic E-state index is 0.104. The van der Waals surface area contributed by atoms with Gasteiger partial charge in [0.05, 0.1) is 0 Å². The zero-order chi connectivity index (χ0) is 25.3. The molecule has 36 heavy (non-hydrogen) atoms. The van der Waals surface area contributed by atoms with Gasteiger partial charge in [-0.15, -0.1) is 0 Å². The van der Waals surface area contributed by atoms with Gasteiger partial charge in [-0.1, -0.05) is 95.6 Å². The van der Waals surface area contributed by atoms with E-state index in [1.165, 1.54) is 0 Å². The molecule has 0 aliphatic rings. The Bertz CT molecular complexity index is 1270. The van der Waals surface area contributed by atoms with Crippen molar-refractivity contribution in [2.45, 2.75) is 39.0 Å². The van der Waals surface area contributed by atoms with E-state index in [0.29, 0.717) is 5.82 Å². The van der Waals surface area contributed by atoms with Crippen LogP contribution in [0.3, 0.4) is 0 Å². The van der Waals surface area contributed by atoms with Crippen LogP contribution in [0.4, 0.5) is 4.79 Å². The first-order valence-electron chi connectivity index (χ1n) is 11.7. The fourth-order valence-corrected chi connectivity index (χ4v) is 3.57. The molecule has 0 spiro atoms. The number of ether oxygens (including phenoxy) is 1. The molecule has 184 valence electrons. The number of alkyl carbamates (subject to hydrolysis) is 1. The summed E-state index contributed by atoms with van der Waals surface area (Å²) < 4.78 is 10.7. The molecule has 8 heteroatoms. The second-order valence-electron chi connectivity index (χ2n) is 8.50. The molecule has 2 N–H and O–H groups in total. The number of nitrogens with zero attached hydrogens (tertiary/aromatic N) is 2. The summed E-state index contributed by atoms with van der Waals surface area (Å²) in [5.74, 6) is 0.316. The van der Waals surface area contributed by atoms with Gasteiger partial charge in [0.15, 0.2) is 0 Å². The second-order valence-corrected chi connectivity index (χ2v) is 8.50. The number of aryl methyl sites for hydroxylation is 1. The third-order valence-corrected chi connectivity index (χ3v) is 5.58. The SMILES string of the molecule is Cc1ccc(-c2noc([C@H](C)NC(=O)[C@H](Cc3ccccc3)NC(=O)OCc3ccccc3)n2)cc1. The quantitative estimate of drug-likeness (QED) is 0.355. The number of rotatable bonds is 9. The van der Waals surface area contributed by atoms with Crippen LogP contribution in [0.15, 0.2) is 89.5 Å². The standard InChI is InChI=1S/C28H28N4O4/c1-19-13-15-23(16-14-19)25-31-27(36-32-25)20(2)29-26(33)24(17-21-9-5-3-6-10-21)30-28(34)35-18-22-11-7-4-8-12-22/h3-16,20,24H,17-18H2,1-2H3,(H,29,33)(H,30,34)/t20-,24-/m0/s1. The van der Waals surface area contributed by atoms with Crippen LogP contribution in [0.25, 0.3) is 11.4 Å². The second kappa shape index (κ2) is 11.8. The lowest BCUT2D eigenvalue weighted by molar-refractivity contribution is -0.123. The van der Waals surface area contributed by atoms with Gasteiger partial charge in [-0.25, -0.2) is 4.79 Å². The van der Waals surface area contributed by atoms with Crippen molar-refractivity contribution in [3.63, 3.8) is 0 Å². The van der Waals surface area contributed by atoms with Crippen LogP contribution in [0.1, 0.15) is 35.5 Å². The predicted octanol–water partition coefficient (Wildman–Crippen LogP) is 4.76. The lowest BCUT2D eigenvalue weighted by atomic mass is 10.1. The fraction of sp³-hybridized carbons (Fsp3) is 0.214. The van der Waals surface area contributed by atoms with Crippen LogP contribution in [-0.2, 0) is 22.6 Å². The number of aromatic nitrogens is 2. The third kappa shape index (κ3) is 6.79. The molecule has 1 aromatic heterocycles. The van der Waals surface area contributed by atoms with Gasteiger partial charge < -0.3 is 19.9 Å². The molecule has 4 aromatic rings. The van der Waals surface area contributed by atoms with Crippen molar-refractivity contribution in [2.24, 2.45) is 0 Å². The number of benzene rings is 3. The van der Waals surface area contributed by atoms with Gasteiger partial charge in [-0.2, -0.15) is 4.98 Å². The topological polar surface area (TPSA) is 106 Å². The maximum Gasteiger partial charge on any atom is 0.408 e. The normalized spacial score (nSPS) is 12.4. The lowest BCUT2D eigenvalue weighted by Crippen LogP contribution is -2.48. The van der Waals surface area contributed by atoms with Crippen molar-refractivity contribution < 1.29 is 18.8 Å². The summed E-state index contributed by atoms with van der Waals surface area (Å²) in [4.78, 5) is 30.1. The molecule has 2 amide bonds. The molecule has 0 radical (unpaired) electrons. The predicted molar refractivity (Wildman–Crippen MR) is 135 cm³/mol. The van der Waals surface area contributed by atoms with Crippen molar-refractivity contribution in [2.75, 3.05) is 0 Å². The van der Waals surface area contributed by atoms with E-state index in [-0.39, 0.29) is 18.9 Å². The van der Waals surface area contributed by atoms with Crippen molar-refractivity contribution >= 4 is 12.0 Å². The average Bonchev–Trinajstić information content (AvgIpc) is 3.39. The Kier molecular flexibility index (Phi) is 8.08. The highest BCUT2D eigenvalue weighted by atomic mass is 16.5. The number of amides is 2. The Hall–Kier alpha value is -4.46. The molecule has 0 bridgehead atoms.